The van der Waals surface area contributed by atoms with E-state index in [9.17, 15) is 9.90 Å². The quantitative estimate of drug-likeness (QED) is 0.641. The monoisotopic (exact) mass is 210 g/mol. The number of phenolic OH excluding ortho intramolecular Hbond substituents is 1. The van der Waals surface area contributed by atoms with E-state index in [4.69, 9.17) is 10.5 Å². The van der Waals surface area contributed by atoms with Crippen LogP contribution < -0.4 is 15.8 Å². The lowest BCUT2D eigenvalue weighted by molar-refractivity contribution is -0.117. The summed E-state index contributed by atoms with van der Waals surface area (Å²) in [5, 5.41) is 11.9. The van der Waals surface area contributed by atoms with E-state index in [1.54, 1.807) is 13.0 Å². The minimum atomic E-state index is -0.629. The molecule has 82 valence electrons. The Balaban J connectivity index is 2.88. The van der Waals surface area contributed by atoms with Crippen LogP contribution in [-0.4, -0.2) is 24.2 Å². The van der Waals surface area contributed by atoms with Crippen molar-refractivity contribution in [2.24, 2.45) is 5.73 Å². The third-order valence-electron chi connectivity index (χ3n) is 1.88. The summed E-state index contributed by atoms with van der Waals surface area (Å²) in [4.78, 5) is 11.3. The van der Waals surface area contributed by atoms with Crippen LogP contribution in [0.4, 0.5) is 5.69 Å². The van der Waals surface area contributed by atoms with Gasteiger partial charge < -0.3 is 20.9 Å². The molecule has 5 nitrogen and oxygen atoms in total. The number of carbonyl (C=O) groups excluding carboxylic acids is 1. The standard InChI is InChI=1S/C10H14N2O3/c1-6(11)10(14)12-8-5-7(15-2)3-4-9(8)13/h3-6,13H,11H2,1-2H3,(H,12,14)/t6-/m0/s1. The molecule has 0 radical (unpaired) electrons. The topological polar surface area (TPSA) is 84.6 Å². The van der Waals surface area contributed by atoms with Crippen molar-refractivity contribution < 1.29 is 14.6 Å². The van der Waals surface area contributed by atoms with Crippen LogP contribution in [0.5, 0.6) is 11.5 Å². The maximum Gasteiger partial charge on any atom is 0.241 e. The van der Waals surface area contributed by atoms with Gasteiger partial charge in [0.2, 0.25) is 5.91 Å². The van der Waals surface area contributed by atoms with Gasteiger partial charge in [-0.1, -0.05) is 0 Å². The van der Waals surface area contributed by atoms with Gasteiger partial charge in [0.15, 0.2) is 0 Å². The zero-order valence-corrected chi connectivity index (χ0v) is 8.65. The molecular formula is C10H14N2O3. The number of nitrogens with two attached hydrogens (primary N) is 1. The van der Waals surface area contributed by atoms with E-state index in [1.807, 2.05) is 0 Å². The zero-order chi connectivity index (χ0) is 11.4. The number of benzene rings is 1. The molecular weight excluding hydrogens is 196 g/mol. The zero-order valence-electron chi connectivity index (χ0n) is 8.65. The molecule has 0 aliphatic rings. The van der Waals surface area contributed by atoms with Crippen molar-refractivity contribution in [1.29, 1.82) is 0 Å². The molecule has 5 heteroatoms. The van der Waals surface area contributed by atoms with Gasteiger partial charge in [-0.2, -0.15) is 0 Å². The van der Waals surface area contributed by atoms with E-state index in [2.05, 4.69) is 5.32 Å². The van der Waals surface area contributed by atoms with Crippen LogP contribution in [0.2, 0.25) is 0 Å². The Hall–Kier alpha value is -1.75. The van der Waals surface area contributed by atoms with E-state index < -0.39 is 6.04 Å². The Morgan fingerprint density at radius 2 is 2.27 bits per heavy atom. The van der Waals surface area contributed by atoms with Gasteiger partial charge in [-0.15, -0.1) is 0 Å². The van der Waals surface area contributed by atoms with Gasteiger partial charge in [-0.05, 0) is 19.1 Å². The number of phenols is 1. The van der Waals surface area contributed by atoms with Crippen LogP contribution >= 0.6 is 0 Å². The molecule has 1 atom stereocenters. The molecule has 4 N–H and O–H groups in total. The number of ether oxygens (including phenoxy) is 1. The summed E-state index contributed by atoms with van der Waals surface area (Å²) in [7, 11) is 1.50. The van der Waals surface area contributed by atoms with Crippen molar-refractivity contribution in [3.05, 3.63) is 18.2 Å². The Kier molecular flexibility index (Phi) is 3.51. The molecule has 0 bridgehead atoms. The Bertz CT molecular complexity index is 364. The molecule has 0 aliphatic heterocycles. The molecule has 0 fully saturated rings. The predicted molar refractivity (Wildman–Crippen MR) is 56.9 cm³/mol. The van der Waals surface area contributed by atoms with Gasteiger partial charge in [0.05, 0.1) is 18.8 Å². The first-order valence-electron chi connectivity index (χ1n) is 4.48. The number of methoxy groups -OCH3 is 1. The summed E-state index contributed by atoms with van der Waals surface area (Å²) >= 11 is 0. The molecule has 1 aromatic carbocycles. The maximum atomic E-state index is 11.3. The van der Waals surface area contributed by atoms with Crippen molar-refractivity contribution in [2.45, 2.75) is 13.0 Å². The summed E-state index contributed by atoms with van der Waals surface area (Å²) < 4.78 is 4.96. The second-order valence-electron chi connectivity index (χ2n) is 3.16. The van der Waals surface area contributed by atoms with Crippen LogP contribution in [-0.2, 0) is 4.79 Å². The minimum absolute atomic E-state index is 0.0233. The summed E-state index contributed by atoms with van der Waals surface area (Å²) in [5.41, 5.74) is 5.67. The number of carbonyl (C=O) groups is 1. The van der Waals surface area contributed by atoms with Crippen molar-refractivity contribution in [2.75, 3.05) is 12.4 Å². The van der Waals surface area contributed by atoms with Crippen molar-refractivity contribution in [3.63, 3.8) is 0 Å². The number of amides is 1. The highest BCUT2D eigenvalue weighted by molar-refractivity contribution is 5.95. The number of hydrogen-bond donors (Lipinski definition) is 3. The maximum absolute atomic E-state index is 11.3. The van der Waals surface area contributed by atoms with Gasteiger partial charge in [0.25, 0.3) is 0 Å². The van der Waals surface area contributed by atoms with Gasteiger partial charge in [-0.3, -0.25) is 4.79 Å². The van der Waals surface area contributed by atoms with Gasteiger partial charge >= 0.3 is 0 Å². The summed E-state index contributed by atoms with van der Waals surface area (Å²) in [6.07, 6.45) is 0. The first-order valence-corrected chi connectivity index (χ1v) is 4.48. The smallest absolute Gasteiger partial charge is 0.241 e. The second kappa shape index (κ2) is 4.65. The van der Waals surface area contributed by atoms with Crippen LogP contribution in [0.25, 0.3) is 0 Å². The van der Waals surface area contributed by atoms with Crippen LogP contribution in [0.15, 0.2) is 18.2 Å². The Morgan fingerprint density at radius 3 is 2.80 bits per heavy atom. The average molecular weight is 210 g/mol. The number of rotatable bonds is 3. The van der Waals surface area contributed by atoms with E-state index in [-0.39, 0.29) is 17.3 Å². The molecule has 1 rings (SSSR count). The Morgan fingerprint density at radius 1 is 1.60 bits per heavy atom. The van der Waals surface area contributed by atoms with E-state index in [0.717, 1.165) is 0 Å². The first kappa shape index (κ1) is 11.3. The predicted octanol–water partition coefficient (Wildman–Crippen LogP) is 0.687. The van der Waals surface area contributed by atoms with Crippen LogP contribution in [0, 0.1) is 0 Å². The van der Waals surface area contributed by atoms with Crippen LogP contribution in [0.3, 0.4) is 0 Å². The third kappa shape index (κ3) is 2.85. The lowest BCUT2D eigenvalue weighted by Gasteiger charge is -2.10. The average Bonchev–Trinajstić information content (AvgIpc) is 2.21. The largest absolute Gasteiger partial charge is 0.506 e. The highest BCUT2D eigenvalue weighted by atomic mass is 16.5. The van der Waals surface area contributed by atoms with Gasteiger partial charge in [-0.25, -0.2) is 0 Å². The fourth-order valence-electron chi connectivity index (χ4n) is 0.989. The normalized spacial score (nSPS) is 11.9. The molecule has 15 heavy (non-hydrogen) atoms. The summed E-state index contributed by atoms with van der Waals surface area (Å²) in [6.45, 7) is 1.56. The van der Waals surface area contributed by atoms with E-state index in [0.29, 0.717) is 5.75 Å². The number of nitrogens with one attached hydrogen (secondary N) is 1. The molecule has 0 aliphatic carbocycles. The molecule has 0 spiro atoms. The molecule has 0 saturated heterocycles. The SMILES string of the molecule is COc1ccc(O)c(NC(=O)[C@H](C)N)c1. The second-order valence-corrected chi connectivity index (χ2v) is 3.16. The van der Waals surface area contributed by atoms with E-state index in [1.165, 1.54) is 19.2 Å². The first-order chi connectivity index (χ1) is 7.04. The van der Waals surface area contributed by atoms with Crippen molar-refractivity contribution in [1.82, 2.24) is 0 Å². The molecule has 1 amide bonds. The summed E-state index contributed by atoms with van der Waals surface area (Å²) in [5.74, 6) is 0.163. The van der Waals surface area contributed by atoms with Crippen molar-refractivity contribution in [3.8, 4) is 11.5 Å². The lowest BCUT2D eigenvalue weighted by Crippen LogP contribution is -2.32. The van der Waals surface area contributed by atoms with E-state index >= 15 is 0 Å². The summed E-state index contributed by atoms with van der Waals surface area (Å²) in [6, 6.07) is 3.93. The van der Waals surface area contributed by atoms with Gasteiger partial charge in [0.1, 0.15) is 11.5 Å². The molecule has 0 unspecified atom stereocenters. The molecule has 0 heterocycles. The Labute approximate surface area is 87.9 Å². The van der Waals surface area contributed by atoms with Gasteiger partial charge in [0, 0.05) is 6.07 Å². The molecule has 1 aromatic rings. The number of aromatic hydroxyl groups is 1. The van der Waals surface area contributed by atoms with Crippen molar-refractivity contribution >= 4 is 11.6 Å². The molecule has 0 saturated carbocycles. The fourth-order valence-corrected chi connectivity index (χ4v) is 0.989. The lowest BCUT2D eigenvalue weighted by atomic mass is 10.2. The minimum Gasteiger partial charge on any atom is -0.506 e. The number of hydrogen-bond acceptors (Lipinski definition) is 4. The highest BCUT2D eigenvalue weighted by Gasteiger charge is 2.10. The highest BCUT2D eigenvalue weighted by Crippen LogP contribution is 2.27. The van der Waals surface area contributed by atoms with Crippen LogP contribution in [0.1, 0.15) is 6.92 Å². The number of anilines is 1. The molecule has 0 aromatic heterocycles. The third-order valence-corrected chi connectivity index (χ3v) is 1.88. The fraction of sp³-hybridized carbons (Fsp3) is 0.300.